The summed E-state index contributed by atoms with van der Waals surface area (Å²) in [5.41, 5.74) is 1.60. The van der Waals surface area contributed by atoms with Crippen LogP contribution in [0.5, 0.6) is 5.75 Å². The molecule has 0 atom stereocenters. The lowest BCUT2D eigenvalue weighted by molar-refractivity contribution is 0.0921. The normalized spacial score (nSPS) is 10.3. The standard InChI is InChI=1S/C15H12ClFO2/c1-10-3-2-4-11(7-10)15(18)9-19-12-5-6-14(17)13(16)8-12/h2-8H,9H2,1H3. The first kappa shape index (κ1) is 13.6. The molecule has 0 N–H and O–H groups in total. The molecule has 0 heterocycles. The Labute approximate surface area is 115 Å². The summed E-state index contributed by atoms with van der Waals surface area (Å²) in [4.78, 5) is 11.9. The largest absolute Gasteiger partial charge is 0.485 e. The van der Waals surface area contributed by atoms with Crippen LogP contribution in [0.2, 0.25) is 5.02 Å². The number of halogens is 2. The Hall–Kier alpha value is -1.87. The Kier molecular flexibility index (Phi) is 4.17. The SMILES string of the molecule is Cc1cccc(C(=O)COc2ccc(F)c(Cl)c2)c1. The van der Waals surface area contributed by atoms with Crippen LogP contribution in [0.15, 0.2) is 42.5 Å². The quantitative estimate of drug-likeness (QED) is 0.789. The molecule has 0 aromatic heterocycles. The van der Waals surface area contributed by atoms with Crippen molar-refractivity contribution in [2.75, 3.05) is 6.61 Å². The number of hydrogen-bond donors (Lipinski definition) is 0. The molecule has 0 saturated carbocycles. The molecule has 98 valence electrons. The van der Waals surface area contributed by atoms with Crippen molar-refractivity contribution in [3.8, 4) is 5.75 Å². The molecule has 0 bridgehead atoms. The highest BCUT2D eigenvalue weighted by molar-refractivity contribution is 6.30. The number of hydrogen-bond acceptors (Lipinski definition) is 2. The summed E-state index contributed by atoms with van der Waals surface area (Å²) in [6, 6.07) is 11.2. The minimum Gasteiger partial charge on any atom is -0.485 e. The molecule has 0 fully saturated rings. The van der Waals surface area contributed by atoms with E-state index in [-0.39, 0.29) is 17.4 Å². The summed E-state index contributed by atoms with van der Waals surface area (Å²) < 4.78 is 18.2. The Balaban J connectivity index is 2.02. The average Bonchev–Trinajstić information content (AvgIpc) is 2.40. The van der Waals surface area contributed by atoms with Crippen LogP contribution in [0.1, 0.15) is 15.9 Å². The van der Waals surface area contributed by atoms with E-state index in [1.807, 2.05) is 19.1 Å². The van der Waals surface area contributed by atoms with Crippen molar-refractivity contribution in [1.82, 2.24) is 0 Å². The second-order valence-electron chi connectivity index (χ2n) is 4.16. The van der Waals surface area contributed by atoms with Gasteiger partial charge in [0.2, 0.25) is 0 Å². The van der Waals surface area contributed by atoms with Gasteiger partial charge in [-0.1, -0.05) is 35.4 Å². The number of rotatable bonds is 4. The van der Waals surface area contributed by atoms with Gasteiger partial charge in [0.15, 0.2) is 12.4 Å². The molecule has 0 unspecified atom stereocenters. The van der Waals surface area contributed by atoms with Crippen molar-refractivity contribution < 1.29 is 13.9 Å². The summed E-state index contributed by atoms with van der Waals surface area (Å²) in [5, 5.41) is -0.0273. The van der Waals surface area contributed by atoms with E-state index in [0.29, 0.717) is 11.3 Å². The van der Waals surface area contributed by atoms with Crippen LogP contribution in [-0.4, -0.2) is 12.4 Å². The third kappa shape index (κ3) is 3.55. The maximum Gasteiger partial charge on any atom is 0.200 e. The Morgan fingerprint density at radius 2 is 2.05 bits per heavy atom. The number of benzene rings is 2. The van der Waals surface area contributed by atoms with Crippen molar-refractivity contribution >= 4 is 17.4 Å². The molecular formula is C15H12ClFO2. The smallest absolute Gasteiger partial charge is 0.200 e. The lowest BCUT2D eigenvalue weighted by Gasteiger charge is -2.06. The number of ketones is 1. The molecule has 0 spiro atoms. The zero-order chi connectivity index (χ0) is 13.8. The fourth-order valence-electron chi connectivity index (χ4n) is 1.62. The number of carbonyl (C=O) groups excluding carboxylic acids is 1. The molecule has 2 aromatic rings. The van der Waals surface area contributed by atoms with E-state index in [1.54, 1.807) is 12.1 Å². The molecule has 2 rings (SSSR count). The van der Waals surface area contributed by atoms with Gasteiger partial charge in [-0.2, -0.15) is 0 Å². The third-order valence-corrected chi connectivity index (χ3v) is 2.89. The number of Topliss-reactive ketones (excluding diaryl/α,β-unsaturated/α-hetero) is 1. The van der Waals surface area contributed by atoms with Crippen molar-refractivity contribution in [2.45, 2.75) is 6.92 Å². The topological polar surface area (TPSA) is 26.3 Å². The van der Waals surface area contributed by atoms with Crippen molar-refractivity contribution in [1.29, 1.82) is 0 Å². The minimum absolute atomic E-state index is 0.0273. The van der Waals surface area contributed by atoms with Gasteiger partial charge in [-0.05, 0) is 25.1 Å². The molecule has 2 aromatic carbocycles. The highest BCUT2D eigenvalue weighted by Crippen LogP contribution is 2.21. The second kappa shape index (κ2) is 5.85. The lowest BCUT2D eigenvalue weighted by Crippen LogP contribution is -2.11. The fourth-order valence-corrected chi connectivity index (χ4v) is 1.79. The van der Waals surface area contributed by atoms with Crippen LogP contribution >= 0.6 is 11.6 Å². The van der Waals surface area contributed by atoms with E-state index in [1.165, 1.54) is 18.2 Å². The van der Waals surface area contributed by atoms with E-state index < -0.39 is 5.82 Å². The molecule has 0 aliphatic carbocycles. The first-order valence-corrected chi connectivity index (χ1v) is 6.12. The maximum absolute atomic E-state index is 13.0. The Bertz CT molecular complexity index is 611. The first-order valence-electron chi connectivity index (χ1n) is 5.74. The zero-order valence-electron chi connectivity index (χ0n) is 10.3. The van der Waals surface area contributed by atoms with E-state index >= 15 is 0 Å². The molecule has 2 nitrogen and oxygen atoms in total. The summed E-state index contributed by atoms with van der Waals surface area (Å²) in [6.07, 6.45) is 0. The van der Waals surface area contributed by atoms with Gasteiger partial charge < -0.3 is 4.74 Å². The minimum atomic E-state index is -0.515. The van der Waals surface area contributed by atoms with Crippen molar-refractivity contribution in [2.24, 2.45) is 0 Å². The van der Waals surface area contributed by atoms with E-state index in [4.69, 9.17) is 16.3 Å². The molecule has 0 aliphatic rings. The monoisotopic (exact) mass is 278 g/mol. The van der Waals surface area contributed by atoms with Crippen LogP contribution in [0.3, 0.4) is 0 Å². The molecule has 4 heteroatoms. The summed E-state index contributed by atoms with van der Waals surface area (Å²) in [5.74, 6) is -0.282. The fraction of sp³-hybridized carbons (Fsp3) is 0.133. The van der Waals surface area contributed by atoms with E-state index in [2.05, 4.69) is 0 Å². The van der Waals surface area contributed by atoms with Gasteiger partial charge in [-0.3, -0.25) is 4.79 Å². The molecule has 0 amide bonds. The predicted octanol–water partition coefficient (Wildman–Crippen LogP) is 4.05. The van der Waals surface area contributed by atoms with Gasteiger partial charge in [0.05, 0.1) is 5.02 Å². The van der Waals surface area contributed by atoms with Gasteiger partial charge in [0.1, 0.15) is 11.6 Å². The Morgan fingerprint density at radius 3 is 2.74 bits per heavy atom. The first-order chi connectivity index (χ1) is 9.06. The average molecular weight is 279 g/mol. The van der Waals surface area contributed by atoms with Gasteiger partial charge >= 0.3 is 0 Å². The summed E-state index contributed by atoms with van der Waals surface area (Å²) in [6.45, 7) is 1.81. The molecule has 19 heavy (non-hydrogen) atoms. The zero-order valence-corrected chi connectivity index (χ0v) is 11.1. The predicted molar refractivity (Wildman–Crippen MR) is 72.4 cm³/mol. The van der Waals surface area contributed by atoms with Crippen LogP contribution in [0, 0.1) is 12.7 Å². The van der Waals surface area contributed by atoms with Crippen LogP contribution in [0.4, 0.5) is 4.39 Å². The number of aryl methyl sites for hydroxylation is 1. The lowest BCUT2D eigenvalue weighted by atomic mass is 10.1. The van der Waals surface area contributed by atoms with Gasteiger partial charge in [-0.25, -0.2) is 4.39 Å². The van der Waals surface area contributed by atoms with E-state index in [0.717, 1.165) is 5.56 Å². The highest BCUT2D eigenvalue weighted by Gasteiger charge is 2.08. The molecule has 0 saturated heterocycles. The van der Waals surface area contributed by atoms with Crippen LogP contribution in [0.25, 0.3) is 0 Å². The van der Waals surface area contributed by atoms with Crippen molar-refractivity contribution in [3.05, 3.63) is 64.4 Å². The number of ether oxygens (including phenoxy) is 1. The summed E-state index contributed by atoms with van der Waals surface area (Å²) in [7, 11) is 0. The maximum atomic E-state index is 13.0. The van der Waals surface area contributed by atoms with E-state index in [9.17, 15) is 9.18 Å². The number of carbonyl (C=O) groups is 1. The highest BCUT2D eigenvalue weighted by atomic mass is 35.5. The molecular weight excluding hydrogens is 267 g/mol. The van der Waals surface area contributed by atoms with Crippen molar-refractivity contribution in [3.63, 3.8) is 0 Å². The summed E-state index contributed by atoms with van der Waals surface area (Å²) >= 11 is 5.63. The Morgan fingerprint density at radius 1 is 1.26 bits per heavy atom. The van der Waals surface area contributed by atoms with Gasteiger partial charge in [0.25, 0.3) is 0 Å². The van der Waals surface area contributed by atoms with Crippen LogP contribution < -0.4 is 4.74 Å². The molecule has 0 aliphatic heterocycles. The van der Waals surface area contributed by atoms with Crippen LogP contribution in [-0.2, 0) is 0 Å². The second-order valence-corrected chi connectivity index (χ2v) is 4.56. The van der Waals surface area contributed by atoms with Gasteiger partial charge in [0, 0.05) is 11.6 Å². The third-order valence-electron chi connectivity index (χ3n) is 2.60. The van der Waals surface area contributed by atoms with Gasteiger partial charge in [-0.15, -0.1) is 0 Å². The molecule has 0 radical (unpaired) electrons.